The summed E-state index contributed by atoms with van der Waals surface area (Å²) < 4.78 is 5.39. The molecule has 0 heterocycles. The molecule has 1 N–H and O–H groups in total. The first-order valence-corrected chi connectivity index (χ1v) is 7.95. The Kier molecular flexibility index (Phi) is 3.64. The molecular weight excluding hydrogens is 276 g/mol. The minimum atomic E-state index is -0.441. The average Bonchev–Trinajstić information content (AvgIpc) is 2.61. The summed E-state index contributed by atoms with van der Waals surface area (Å²) in [7, 11) is 1.64. The number of aliphatic hydroxyl groups is 1. The van der Waals surface area contributed by atoms with Crippen LogP contribution in [-0.4, -0.2) is 24.1 Å². The van der Waals surface area contributed by atoms with Gasteiger partial charge in [0.1, 0.15) is 5.75 Å². The number of hydrogen-bond donors (Lipinski definition) is 1. The SMILES string of the molecule is COc1cc2c(cc1C)C(=O)C[C@@H]1C(=C2)[C@H](O)CCC1(C)C. The number of methoxy groups -OCH3 is 1. The van der Waals surface area contributed by atoms with Crippen molar-refractivity contribution in [1.82, 2.24) is 0 Å². The van der Waals surface area contributed by atoms with Crippen molar-refractivity contribution in [3.8, 4) is 5.75 Å². The largest absolute Gasteiger partial charge is 0.496 e. The van der Waals surface area contributed by atoms with Gasteiger partial charge in [0.25, 0.3) is 0 Å². The first kappa shape index (κ1) is 15.3. The highest BCUT2D eigenvalue weighted by Crippen LogP contribution is 2.48. The maximum Gasteiger partial charge on any atom is 0.164 e. The van der Waals surface area contributed by atoms with Crippen LogP contribution >= 0.6 is 0 Å². The number of carbonyl (C=O) groups is 1. The molecule has 1 saturated carbocycles. The van der Waals surface area contributed by atoms with Crippen LogP contribution in [0.2, 0.25) is 0 Å². The molecule has 1 fully saturated rings. The molecule has 118 valence electrons. The van der Waals surface area contributed by atoms with E-state index in [9.17, 15) is 9.90 Å². The van der Waals surface area contributed by atoms with E-state index in [-0.39, 0.29) is 17.1 Å². The molecule has 0 unspecified atom stereocenters. The summed E-state index contributed by atoms with van der Waals surface area (Å²) in [6, 6.07) is 3.84. The Morgan fingerprint density at radius 1 is 1.32 bits per heavy atom. The lowest BCUT2D eigenvalue weighted by Crippen LogP contribution is -2.37. The smallest absolute Gasteiger partial charge is 0.164 e. The van der Waals surface area contributed by atoms with E-state index >= 15 is 0 Å². The lowest BCUT2D eigenvalue weighted by atomic mass is 9.64. The number of rotatable bonds is 1. The minimum absolute atomic E-state index is 0.0435. The third kappa shape index (κ3) is 2.38. The van der Waals surface area contributed by atoms with Crippen molar-refractivity contribution >= 4 is 11.9 Å². The van der Waals surface area contributed by atoms with E-state index in [1.54, 1.807) is 7.11 Å². The number of Topliss-reactive ketones (excluding diaryl/α,β-unsaturated/α-hetero) is 1. The van der Waals surface area contributed by atoms with Crippen molar-refractivity contribution in [2.24, 2.45) is 11.3 Å². The predicted octanol–water partition coefficient (Wildman–Crippen LogP) is 3.77. The molecule has 3 nitrogen and oxygen atoms in total. The molecule has 2 atom stereocenters. The Morgan fingerprint density at radius 3 is 2.73 bits per heavy atom. The van der Waals surface area contributed by atoms with Crippen LogP contribution in [0.25, 0.3) is 6.08 Å². The molecule has 0 bridgehead atoms. The number of fused-ring (bicyclic) bond motifs is 2. The van der Waals surface area contributed by atoms with Crippen LogP contribution in [0.3, 0.4) is 0 Å². The van der Waals surface area contributed by atoms with Gasteiger partial charge in [-0.15, -0.1) is 0 Å². The molecule has 1 aromatic carbocycles. The van der Waals surface area contributed by atoms with E-state index in [4.69, 9.17) is 4.74 Å². The van der Waals surface area contributed by atoms with E-state index in [1.165, 1.54) is 0 Å². The number of aliphatic hydroxyl groups excluding tert-OH is 1. The summed E-state index contributed by atoms with van der Waals surface area (Å²) in [6.07, 6.45) is 3.78. The van der Waals surface area contributed by atoms with Gasteiger partial charge in [-0.25, -0.2) is 0 Å². The third-order valence-corrected chi connectivity index (χ3v) is 5.37. The van der Waals surface area contributed by atoms with Gasteiger partial charge in [-0.05, 0) is 59.9 Å². The van der Waals surface area contributed by atoms with E-state index in [0.717, 1.165) is 40.9 Å². The van der Waals surface area contributed by atoms with Crippen LogP contribution in [0.15, 0.2) is 17.7 Å². The molecule has 0 spiro atoms. The molecule has 2 aliphatic rings. The Morgan fingerprint density at radius 2 is 2.05 bits per heavy atom. The fourth-order valence-corrected chi connectivity index (χ4v) is 3.88. The number of ketones is 1. The number of carbonyl (C=O) groups excluding carboxylic acids is 1. The Hall–Kier alpha value is -1.61. The summed E-state index contributed by atoms with van der Waals surface area (Å²) >= 11 is 0. The molecule has 0 aliphatic heterocycles. The molecule has 0 radical (unpaired) electrons. The van der Waals surface area contributed by atoms with Crippen molar-refractivity contribution < 1.29 is 14.6 Å². The number of aryl methyl sites for hydroxylation is 1. The molecule has 2 aliphatic carbocycles. The van der Waals surface area contributed by atoms with Crippen LogP contribution in [0.1, 0.15) is 54.6 Å². The van der Waals surface area contributed by atoms with Crippen molar-refractivity contribution in [2.75, 3.05) is 7.11 Å². The van der Waals surface area contributed by atoms with Crippen molar-refractivity contribution in [1.29, 1.82) is 0 Å². The van der Waals surface area contributed by atoms with Crippen LogP contribution in [-0.2, 0) is 0 Å². The van der Waals surface area contributed by atoms with Crippen molar-refractivity contribution in [2.45, 2.75) is 46.1 Å². The van der Waals surface area contributed by atoms with E-state index in [0.29, 0.717) is 6.42 Å². The zero-order valence-electron chi connectivity index (χ0n) is 13.8. The lowest BCUT2D eigenvalue weighted by Gasteiger charge is -2.42. The molecule has 1 aromatic rings. The van der Waals surface area contributed by atoms with Gasteiger partial charge in [0.15, 0.2) is 5.78 Å². The second-order valence-electron chi connectivity index (χ2n) is 7.28. The monoisotopic (exact) mass is 300 g/mol. The third-order valence-electron chi connectivity index (χ3n) is 5.37. The quantitative estimate of drug-likeness (QED) is 0.858. The van der Waals surface area contributed by atoms with Gasteiger partial charge in [-0.1, -0.05) is 19.9 Å². The summed E-state index contributed by atoms with van der Waals surface area (Å²) in [6.45, 7) is 6.36. The number of hydrogen-bond acceptors (Lipinski definition) is 3. The van der Waals surface area contributed by atoms with E-state index in [2.05, 4.69) is 13.8 Å². The minimum Gasteiger partial charge on any atom is -0.496 e. The highest BCUT2D eigenvalue weighted by Gasteiger charge is 2.42. The first-order valence-electron chi connectivity index (χ1n) is 7.95. The molecule has 3 heteroatoms. The summed E-state index contributed by atoms with van der Waals surface area (Å²) in [5, 5.41) is 10.4. The fourth-order valence-electron chi connectivity index (χ4n) is 3.88. The standard InChI is InChI=1S/C19H24O3/c1-11-7-13-12(9-18(11)22-4)8-14-15(10-17(13)21)19(2,3)6-5-16(14)20/h7-9,15-16,20H,5-6,10H2,1-4H3/t15-,16-/m1/s1. The van der Waals surface area contributed by atoms with Gasteiger partial charge < -0.3 is 9.84 Å². The van der Waals surface area contributed by atoms with Gasteiger partial charge in [-0.2, -0.15) is 0 Å². The van der Waals surface area contributed by atoms with E-state index < -0.39 is 6.10 Å². The second kappa shape index (κ2) is 5.24. The van der Waals surface area contributed by atoms with Gasteiger partial charge in [0, 0.05) is 12.0 Å². The van der Waals surface area contributed by atoms with Crippen LogP contribution < -0.4 is 4.74 Å². The highest BCUT2D eigenvalue weighted by atomic mass is 16.5. The zero-order valence-corrected chi connectivity index (χ0v) is 13.8. The van der Waals surface area contributed by atoms with E-state index in [1.807, 2.05) is 25.1 Å². The maximum absolute atomic E-state index is 12.8. The lowest BCUT2D eigenvalue weighted by molar-refractivity contribution is 0.0726. The summed E-state index contributed by atoms with van der Waals surface area (Å²) in [5.41, 5.74) is 3.65. The Bertz CT molecular complexity index is 655. The first-order chi connectivity index (χ1) is 10.3. The Labute approximate surface area is 132 Å². The molecule has 0 saturated heterocycles. The maximum atomic E-state index is 12.8. The summed E-state index contributed by atoms with van der Waals surface area (Å²) in [5.74, 6) is 1.06. The van der Waals surface area contributed by atoms with Crippen LogP contribution in [0, 0.1) is 18.3 Å². The number of benzene rings is 1. The van der Waals surface area contributed by atoms with Gasteiger partial charge in [0.2, 0.25) is 0 Å². The molecule has 3 rings (SSSR count). The molecule has 0 amide bonds. The summed E-state index contributed by atoms with van der Waals surface area (Å²) in [4.78, 5) is 12.8. The Balaban J connectivity index is 2.17. The van der Waals surface area contributed by atoms with Crippen LogP contribution in [0.4, 0.5) is 0 Å². The molecular formula is C19H24O3. The van der Waals surface area contributed by atoms with Gasteiger partial charge in [-0.3, -0.25) is 4.79 Å². The zero-order chi connectivity index (χ0) is 16.1. The second-order valence-corrected chi connectivity index (χ2v) is 7.28. The van der Waals surface area contributed by atoms with Crippen LogP contribution in [0.5, 0.6) is 5.75 Å². The molecule has 0 aromatic heterocycles. The average molecular weight is 300 g/mol. The normalized spacial score (nSPS) is 26.6. The van der Waals surface area contributed by atoms with Crippen molar-refractivity contribution in [3.63, 3.8) is 0 Å². The van der Waals surface area contributed by atoms with Gasteiger partial charge >= 0.3 is 0 Å². The van der Waals surface area contributed by atoms with Crippen molar-refractivity contribution in [3.05, 3.63) is 34.4 Å². The fraction of sp³-hybridized carbons (Fsp3) is 0.526. The number of ether oxygens (including phenoxy) is 1. The topological polar surface area (TPSA) is 46.5 Å². The predicted molar refractivity (Wildman–Crippen MR) is 87.2 cm³/mol. The van der Waals surface area contributed by atoms with Gasteiger partial charge in [0.05, 0.1) is 13.2 Å². The highest BCUT2D eigenvalue weighted by molar-refractivity contribution is 6.01. The molecule has 22 heavy (non-hydrogen) atoms.